The number of ether oxygens (including phenoxy) is 3. The Labute approximate surface area is 162 Å². The standard InChI is InChI=1S/C18H16F4N2O5/c19-17(20)28-13-5-1-11(2-6-13)23-15(25)9-27-10-16(26)24-12-3-7-14(8-4-12)29-18(21)22/h1-8,17-18H,9-10H2,(H,23,25)(H,24,26). The Balaban J connectivity index is 1.69. The third-order valence-corrected chi connectivity index (χ3v) is 3.19. The lowest BCUT2D eigenvalue weighted by atomic mass is 10.3. The molecule has 0 heterocycles. The predicted octanol–water partition coefficient (Wildman–Crippen LogP) is 3.48. The summed E-state index contributed by atoms with van der Waals surface area (Å²) in [7, 11) is 0. The summed E-state index contributed by atoms with van der Waals surface area (Å²) in [5, 5.41) is 4.91. The topological polar surface area (TPSA) is 85.9 Å². The van der Waals surface area contributed by atoms with E-state index in [1.54, 1.807) is 0 Å². The van der Waals surface area contributed by atoms with E-state index >= 15 is 0 Å². The molecule has 0 atom stereocenters. The number of rotatable bonds is 10. The van der Waals surface area contributed by atoms with E-state index in [0.717, 1.165) is 0 Å². The number of carbonyl (C=O) groups excluding carboxylic acids is 2. The van der Waals surface area contributed by atoms with Crippen molar-refractivity contribution in [1.29, 1.82) is 0 Å². The Morgan fingerprint density at radius 2 is 1.03 bits per heavy atom. The number of alkyl halides is 4. The number of hydrogen-bond donors (Lipinski definition) is 2. The highest BCUT2D eigenvalue weighted by atomic mass is 19.3. The fourth-order valence-corrected chi connectivity index (χ4v) is 2.07. The van der Waals surface area contributed by atoms with Crippen LogP contribution in [0.4, 0.5) is 28.9 Å². The molecule has 0 aliphatic carbocycles. The van der Waals surface area contributed by atoms with Gasteiger partial charge in [0.2, 0.25) is 11.8 Å². The molecule has 29 heavy (non-hydrogen) atoms. The lowest BCUT2D eigenvalue weighted by Gasteiger charge is -2.09. The largest absolute Gasteiger partial charge is 0.435 e. The van der Waals surface area contributed by atoms with Gasteiger partial charge in [-0.05, 0) is 48.5 Å². The molecule has 0 spiro atoms. The molecule has 0 saturated carbocycles. The van der Waals surface area contributed by atoms with Gasteiger partial charge in [-0.25, -0.2) is 0 Å². The van der Waals surface area contributed by atoms with Gasteiger partial charge in [0.05, 0.1) is 0 Å². The predicted molar refractivity (Wildman–Crippen MR) is 94.2 cm³/mol. The number of nitrogens with one attached hydrogen (secondary N) is 2. The number of hydrogen-bond acceptors (Lipinski definition) is 5. The van der Waals surface area contributed by atoms with Crippen molar-refractivity contribution in [3.8, 4) is 11.5 Å². The molecule has 0 bridgehead atoms. The van der Waals surface area contributed by atoms with Gasteiger partial charge in [0.1, 0.15) is 24.7 Å². The van der Waals surface area contributed by atoms with Crippen molar-refractivity contribution >= 4 is 23.2 Å². The molecule has 0 radical (unpaired) electrons. The minimum absolute atomic E-state index is 0.0558. The molecule has 2 amide bonds. The highest BCUT2D eigenvalue weighted by Crippen LogP contribution is 2.18. The third kappa shape index (κ3) is 8.47. The van der Waals surface area contributed by atoms with Gasteiger partial charge in [-0.15, -0.1) is 0 Å². The third-order valence-electron chi connectivity index (χ3n) is 3.19. The van der Waals surface area contributed by atoms with Crippen LogP contribution in [-0.2, 0) is 14.3 Å². The zero-order chi connectivity index (χ0) is 21.2. The monoisotopic (exact) mass is 416 g/mol. The van der Waals surface area contributed by atoms with Gasteiger partial charge in [-0.3, -0.25) is 9.59 Å². The van der Waals surface area contributed by atoms with Crippen LogP contribution in [0.2, 0.25) is 0 Å². The first-order valence-electron chi connectivity index (χ1n) is 8.09. The van der Waals surface area contributed by atoms with E-state index in [1.165, 1.54) is 48.5 Å². The molecule has 0 fully saturated rings. The number of halogens is 4. The molecular weight excluding hydrogens is 400 g/mol. The van der Waals surface area contributed by atoms with Gasteiger partial charge >= 0.3 is 13.2 Å². The minimum Gasteiger partial charge on any atom is -0.435 e. The molecular formula is C18H16F4N2O5. The zero-order valence-electron chi connectivity index (χ0n) is 14.7. The SMILES string of the molecule is O=C(COCC(=O)Nc1ccc(OC(F)F)cc1)Nc1ccc(OC(F)F)cc1. The van der Waals surface area contributed by atoms with Crippen molar-refractivity contribution in [2.45, 2.75) is 13.2 Å². The van der Waals surface area contributed by atoms with Gasteiger partial charge in [-0.1, -0.05) is 0 Å². The van der Waals surface area contributed by atoms with Crippen LogP contribution in [0.3, 0.4) is 0 Å². The van der Waals surface area contributed by atoms with E-state index in [4.69, 9.17) is 4.74 Å². The van der Waals surface area contributed by atoms with Crippen LogP contribution >= 0.6 is 0 Å². The van der Waals surface area contributed by atoms with E-state index in [1.807, 2.05) is 0 Å². The normalized spacial score (nSPS) is 10.7. The summed E-state index contributed by atoms with van der Waals surface area (Å²) in [5.74, 6) is -1.23. The van der Waals surface area contributed by atoms with E-state index in [9.17, 15) is 27.2 Å². The average Bonchev–Trinajstić information content (AvgIpc) is 2.64. The molecule has 7 nitrogen and oxygen atoms in total. The fourth-order valence-electron chi connectivity index (χ4n) is 2.07. The van der Waals surface area contributed by atoms with Crippen molar-refractivity contribution in [3.63, 3.8) is 0 Å². The molecule has 0 aromatic heterocycles. The summed E-state index contributed by atoms with van der Waals surface area (Å²) in [6, 6.07) is 10.5. The Bertz CT molecular complexity index is 733. The van der Waals surface area contributed by atoms with Gasteiger partial charge in [-0.2, -0.15) is 17.6 Å². The second-order valence-corrected chi connectivity index (χ2v) is 5.39. The Kier molecular flexibility index (Phi) is 8.22. The van der Waals surface area contributed by atoms with Gasteiger partial charge in [0.25, 0.3) is 0 Å². The minimum atomic E-state index is -2.95. The number of anilines is 2. The van der Waals surface area contributed by atoms with E-state index in [-0.39, 0.29) is 11.5 Å². The van der Waals surface area contributed by atoms with Crippen molar-refractivity contribution in [1.82, 2.24) is 0 Å². The average molecular weight is 416 g/mol. The second kappa shape index (κ2) is 10.9. The smallest absolute Gasteiger partial charge is 0.387 e. The molecule has 2 aromatic rings. The van der Waals surface area contributed by atoms with E-state index in [0.29, 0.717) is 11.4 Å². The maximum atomic E-state index is 12.1. The molecule has 0 unspecified atom stereocenters. The molecule has 156 valence electrons. The van der Waals surface area contributed by atoms with E-state index in [2.05, 4.69) is 20.1 Å². The van der Waals surface area contributed by atoms with Crippen molar-refractivity contribution in [3.05, 3.63) is 48.5 Å². The molecule has 2 aromatic carbocycles. The van der Waals surface area contributed by atoms with Crippen molar-refractivity contribution < 1.29 is 41.4 Å². The number of carbonyl (C=O) groups is 2. The van der Waals surface area contributed by atoms with Crippen LogP contribution in [0.15, 0.2) is 48.5 Å². The van der Waals surface area contributed by atoms with Crippen LogP contribution in [0.25, 0.3) is 0 Å². The summed E-state index contributed by atoms with van der Waals surface area (Å²) in [4.78, 5) is 23.5. The fraction of sp³-hybridized carbons (Fsp3) is 0.222. The first kappa shape index (κ1) is 22.0. The van der Waals surface area contributed by atoms with Gasteiger partial charge in [0.15, 0.2) is 0 Å². The lowest BCUT2D eigenvalue weighted by Crippen LogP contribution is -2.23. The highest BCUT2D eigenvalue weighted by molar-refractivity contribution is 5.93. The van der Waals surface area contributed by atoms with Gasteiger partial charge < -0.3 is 24.8 Å². The molecule has 0 aliphatic rings. The summed E-state index contributed by atoms with van der Waals surface area (Å²) >= 11 is 0. The summed E-state index contributed by atoms with van der Waals surface area (Å²) < 4.78 is 61.6. The van der Waals surface area contributed by atoms with Gasteiger partial charge in [0, 0.05) is 11.4 Å². The molecule has 11 heteroatoms. The summed E-state index contributed by atoms with van der Waals surface area (Å²) in [5.41, 5.74) is 0.659. The quantitative estimate of drug-likeness (QED) is 0.580. The van der Waals surface area contributed by atoms with Crippen LogP contribution in [-0.4, -0.2) is 38.3 Å². The molecule has 0 aliphatic heterocycles. The zero-order valence-corrected chi connectivity index (χ0v) is 14.7. The first-order valence-corrected chi connectivity index (χ1v) is 8.09. The summed E-state index contributed by atoms with van der Waals surface area (Å²) in [6.07, 6.45) is 0. The highest BCUT2D eigenvalue weighted by Gasteiger charge is 2.09. The van der Waals surface area contributed by atoms with Crippen LogP contribution < -0.4 is 20.1 Å². The maximum Gasteiger partial charge on any atom is 0.387 e. The molecule has 2 rings (SSSR count). The van der Waals surface area contributed by atoms with Crippen LogP contribution in [0, 0.1) is 0 Å². The summed E-state index contributed by atoms with van der Waals surface area (Å²) in [6.45, 7) is -6.74. The van der Waals surface area contributed by atoms with Crippen LogP contribution in [0.1, 0.15) is 0 Å². The number of amides is 2. The Hall–Kier alpha value is -3.34. The van der Waals surface area contributed by atoms with E-state index < -0.39 is 38.3 Å². The first-order chi connectivity index (χ1) is 13.8. The number of benzene rings is 2. The Morgan fingerprint density at radius 3 is 1.34 bits per heavy atom. The maximum absolute atomic E-state index is 12.1. The van der Waals surface area contributed by atoms with Crippen molar-refractivity contribution in [2.24, 2.45) is 0 Å². The Morgan fingerprint density at radius 1 is 0.690 bits per heavy atom. The molecule has 0 saturated heterocycles. The lowest BCUT2D eigenvalue weighted by molar-refractivity contribution is -0.125. The van der Waals surface area contributed by atoms with Crippen LogP contribution in [0.5, 0.6) is 11.5 Å². The van der Waals surface area contributed by atoms with Crippen molar-refractivity contribution in [2.75, 3.05) is 23.8 Å². The second-order valence-electron chi connectivity index (χ2n) is 5.39. The molecule has 2 N–H and O–H groups in total.